The molecule has 21 heavy (non-hydrogen) atoms. The second kappa shape index (κ2) is 6.94. The number of aryl methyl sites for hydroxylation is 2. The summed E-state index contributed by atoms with van der Waals surface area (Å²) in [5.41, 5.74) is 3.24. The van der Waals surface area contributed by atoms with Gasteiger partial charge in [-0.3, -0.25) is 4.79 Å². The van der Waals surface area contributed by atoms with E-state index in [1.807, 2.05) is 39.0 Å². The molecule has 2 rings (SSSR count). The van der Waals surface area contributed by atoms with Gasteiger partial charge in [0.15, 0.2) is 5.82 Å². The van der Waals surface area contributed by atoms with Crippen LogP contribution in [0.3, 0.4) is 0 Å². The van der Waals surface area contributed by atoms with Crippen molar-refractivity contribution in [2.45, 2.75) is 27.3 Å². The number of rotatable bonds is 6. The quantitative estimate of drug-likeness (QED) is 0.855. The van der Waals surface area contributed by atoms with Gasteiger partial charge >= 0.3 is 0 Å². The highest BCUT2D eigenvalue weighted by atomic mass is 16.5. The summed E-state index contributed by atoms with van der Waals surface area (Å²) in [7, 11) is 0. The standard InChI is InChI=1S/C14H19N5O2/c1-4-21-9-14(20)15-8-13-16-17-18-19(13)12-6-5-10(2)11(3)7-12/h5-7H,4,8-9H2,1-3H3,(H,15,20). The lowest BCUT2D eigenvalue weighted by Crippen LogP contribution is -2.28. The molecule has 1 aromatic carbocycles. The summed E-state index contributed by atoms with van der Waals surface area (Å²) in [6.07, 6.45) is 0. The van der Waals surface area contributed by atoms with E-state index in [-0.39, 0.29) is 19.1 Å². The second-order valence-corrected chi connectivity index (χ2v) is 4.69. The van der Waals surface area contributed by atoms with Crippen LogP contribution in [0.1, 0.15) is 23.9 Å². The number of amides is 1. The van der Waals surface area contributed by atoms with Crippen molar-refractivity contribution in [2.24, 2.45) is 0 Å². The van der Waals surface area contributed by atoms with Crippen LogP contribution >= 0.6 is 0 Å². The summed E-state index contributed by atoms with van der Waals surface area (Å²) >= 11 is 0. The summed E-state index contributed by atoms with van der Waals surface area (Å²) in [5.74, 6) is 0.384. The van der Waals surface area contributed by atoms with Crippen LogP contribution < -0.4 is 5.32 Å². The molecule has 1 amide bonds. The Bertz CT molecular complexity index is 624. The lowest BCUT2D eigenvalue weighted by molar-refractivity contribution is -0.125. The van der Waals surface area contributed by atoms with E-state index in [0.29, 0.717) is 12.4 Å². The third-order valence-electron chi connectivity index (χ3n) is 3.15. The van der Waals surface area contributed by atoms with E-state index < -0.39 is 0 Å². The molecule has 112 valence electrons. The summed E-state index contributed by atoms with van der Waals surface area (Å²) in [5, 5.41) is 14.3. The highest BCUT2D eigenvalue weighted by molar-refractivity contribution is 5.77. The third-order valence-corrected chi connectivity index (χ3v) is 3.15. The van der Waals surface area contributed by atoms with Gasteiger partial charge < -0.3 is 10.1 Å². The largest absolute Gasteiger partial charge is 0.372 e. The van der Waals surface area contributed by atoms with Gasteiger partial charge in [-0.15, -0.1) is 5.10 Å². The Hall–Kier alpha value is -2.28. The Morgan fingerprint density at radius 1 is 1.33 bits per heavy atom. The molecule has 0 atom stereocenters. The van der Waals surface area contributed by atoms with Crippen LogP contribution in [0.4, 0.5) is 0 Å². The lowest BCUT2D eigenvalue weighted by Gasteiger charge is -2.08. The normalized spacial score (nSPS) is 10.6. The first-order valence-corrected chi connectivity index (χ1v) is 6.81. The SMILES string of the molecule is CCOCC(=O)NCc1nnnn1-c1ccc(C)c(C)c1. The fourth-order valence-corrected chi connectivity index (χ4v) is 1.80. The second-order valence-electron chi connectivity index (χ2n) is 4.69. The molecule has 1 N–H and O–H groups in total. The van der Waals surface area contributed by atoms with Crippen molar-refractivity contribution in [1.29, 1.82) is 0 Å². The smallest absolute Gasteiger partial charge is 0.246 e. The molecule has 0 saturated carbocycles. The molecule has 2 aromatic rings. The number of nitrogens with one attached hydrogen (secondary N) is 1. The maximum Gasteiger partial charge on any atom is 0.246 e. The highest BCUT2D eigenvalue weighted by Gasteiger charge is 2.10. The Morgan fingerprint density at radius 2 is 2.14 bits per heavy atom. The van der Waals surface area contributed by atoms with Gasteiger partial charge in [-0.05, 0) is 54.5 Å². The van der Waals surface area contributed by atoms with Crippen LogP contribution in [0.2, 0.25) is 0 Å². The molecule has 1 heterocycles. The molecule has 0 aliphatic heterocycles. The maximum atomic E-state index is 11.5. The van der Waals surface area contributed by atoms with E-state index in [9.17, 15) is 4.79 Å². The van der Waals surface area contributed by atoms with Gasteiger partial charge in [-0.2, -0.15) is 4.68 Å². The van der Waals surface area contributed by atoms with Crippen molar-refractivity contribution in [3.63, 3.8) is 0 Å². The van der Waals surface area contributed by atoms with Crippen LogP contribution in [0.25, 0.3) is 5.69 Å². The van der Waals surface area contributed by atoms with E-state index in [0.717, 1.165) is 11.3 Å². The van der Waals surface area contributed by atoms with Crippen molar-refractivity contribution < 1.29 is 9.53 Å². The Morgan fingerprint density at radius 3 is 2.86 bits per heavy atom. The predicted molar refractivity (Wildman–Crippen MR) is 77.0 cm³/mol. The molecule has 0 aliphatic rings. The summed E-state index contributed by atoms with van der Waals surface area (Å²) in [6, 6.07) is 5.98. The zero-order chi connectivity index (χ0) is 15.2. The predicted octanol–water partition coefficient (Wildman–Crippen LogP) is 0.932. The molecule has 0 aliphatic carbocycles. The topological polar surface area (TPSA) is 81.9 Å². The summed E-state index contributed by atoms with van der Waals surface area (Å²) in [6.45, 7) is 6.73. The number of hydrogen-bond donors (Lipinski definition) is 1. The molecular weight excluding hydrogens is 270 g/mol. The van der Waals surface area contributed by atoms with Gasteiger partial charge in [0.25, 0.3) is 0 Å². The number of carbonyl (C=O) groups excluding carboxylic acids is 1. The average molecular weight is 289 g/mol. The van der Waals surface area contributed by atoms with Gasteiger partial charge in [-0.1, -0.05) is 6.07 Å². The van der Waals surface area contributed by atoms with Crippen LogP contribution in [0.15, 0.2) is 18.2 Å². The molecule has 7 nitrogen and oxygen atoms in total. The molecule has 0 radical (unpaired) electrons. The first-order valence-electron chi connectivity index (χ1n) is 6.81. The van der Waals surface area contributed by atoms with E-state index in [1.165, 1.54) is 5.56 Å². The van der Waals surface area contributed by atoms with E-state index >= 15 is 0 Å². The van der Waals surface area contributed by atoms with E-state index in [1.54, 1.807) is 4.68 Å². The minimum atomic E-state index is -0.188. The summed E-state index contributed by atoms with van der Waals surface area (Å²) in [4.78, 5) is 11.5. The number of aromatic nitrogens is 4. The number of carbonyl (C=O) groups is 1. The molecule has 0 bridgehead atoms. The lowest BCUT2D eigenvalue weighted by atomic mass is 10.1. The Balaban J connectivity index is 2.08. The first kappa shape index (κ1) is 15.1. The monoisotopic (exact) mass is 289 g/mol. The van der Waals surface area contributed by atoms with Crippen molar-refractivity contribution in [3.05, 3.63) is 35.2 Å². The minimum Gasteiger partial charge on any atom is -0.372 e. The van der Waals surface area contributed by atoms with E-state index in [2.05, 4.69) is 20.8 Å². The average Bonchev–Trinajstić information content (AvgIpc) is 2.94. The Kier molecular flexibility index (Phi) is 4.99. The van der Waals surface area contributed by atoms with Crippen LogP contribution in [0.5, 0.6) is 0 Å². The van der Waals surface area contributed by atoms with Gasteiger partial charge in [0, 0.05) is 6.61 Å². The zero-order valence-electron chi connectivity index (χ0n) is 12.5. The Labute approximate surface area is 123 Å². The molecular formula is C14H19N5O2. The number of benzene rings is 1. The number of nitrogens with zero attached hydrogens (tertiary/aromatic N) is 4. The van der Waals surface area contributed by atoms with Crippen molar-refractivity contribution in [2.75, 3.05) is 13.2 Å². The minimum absolute atomic E-state index is 0.0434. The summed E-state index contributed by atoms with van der Waals surface area (Å²) < 4.78 is 6.66. The maximum absolute atomic E-state index is 11.5. The van der Waals surface area contributed by atoms with Crippen molar-refractivity contribution >= 4 is 5.91 Å². The third kappa shape index (κ3) is 3.85. The molecule has 0 fully saturated rings. The fraction of sp³-hybridized carbons (Fsp3) is 0.429. The van der Waals surface area contributed by atoms with Gasteiger partial charge in [0.05, 0.1) is 12.2 Å². The number of ether oxygens (including phenoxy) is 1. The number of hydrogen-bond acceptors (Lipinski definition) is 5. The fourth-order valence-electron chi connectivity index (χ4n) is 1.80. The van der Waals surface area contributed by atoms with Crippen LogP contribution in [0, 0.1) is 13.8 Å². The van der Waals surface area contributed by atoms with Gasteiger partial charge in [-0.25, -0.2) is 0 Å². The molecule has 0 saturated heterocycles. The molecule has 1 aromatic heterocycles. The number of tetrazole rings is 1. The van der Waals surface area contributed by atoms with Crippen LogP contribution in [-0.4, -0.2) is 39.3 Å². The zero-order valence-corrected chi connectivity index (χ0v) is 12.5. The molecule has 0 spiro atoms. The van der Waals surface area contributed by atoms with Gasteiger partial charge in [0.1, 0.15) is 6.61 Å². The van der Waals surface area contributed by atoms with Gasteiger partial charge in [0.2, 0.25) is 5.91 Å². The van der Waals surface area contributed by atoms with Crippen molar-refractivity contribution in [1.82, 2.24) is 25.5 Å². The molecule has 0 unspecified atom stereocenters. The molecule has 7 heteroatoms. The van der Waals surface area contributed by atoms with E-state index in [4.69, 9.17) is 4.74 Å². The highest BCUT2D eigenvalue weighted by Crippen LogP contribution is 2.13. The van der Waals surface area contributed by atoms with Crippen molar-refractivity contribution in [3.8, 4) is 5.69 Å². The van der Waals surface area contributed by atoms with Crippen LogP contribution in [-0.2, 0) is 16.1 Å². The first-order chi connectivity index (χ1) is 10.1.